The number of thiazole rings is 1. The molecule has 1 aliphatic carbocycles. The van der Waals surface area contributed by atoms with Gasteiger partial charge in [0.05, 0.1) is 11.4 Å². The molecule has 3 aromatic heterocycles. The van der Waals surface area contributed by atoms with E-state index in [-0.39, 0.29) is 5.56 Å². The Morgan fingerprint density at radius 2 is 2.13 bits per heavy atom. The molecule has 3 heterocycles. The van der Waals surface area contributed by atoms with E-state index in [1.165, 1.54) is 24.2 Å². The van der Waals surface area contributed by atoms with Crippen LogP contribution in [0, 0.1) is 6.92 Å². The molecule has 0 spiro atoms. The van der Waals surface area contributed by atoms with Crippen LogP contribution in [-0.2, 0) is 13.1 Å². The minimum absolute atomic E-state index is 0.0276. The summed E-state index contributed by atoms with van der Waals surface area (Å²) >= 11 is 1.53. The van der Waals surface area contributed by atoms with Crippen LogP contribution in [-0.4, -0.2) is 26.5 Å². The van der Waals surface area contributed by atoms with Gasteiger partial charge < -0.3 is 4.52 Å². The van der Waals surface area contributed by atoms with Gasteiger partial charge in [-0.1, -0.05) is 5.16 Å². The highest BCUT2D eigenvalue weighted by molar-refractivity contribution is 7.16. The predicted molar refractivity (Wildman–Crippen MR) is 87.7 cm³/mol. The maximum absolute atomic E-state index is 12.1. The Hall–Kier alpha value is -1.99. The summed E-state index contributed by atoms with van der Waals surface area (Å²) in [7, 11) is 1.99. The molecule has 1 fully saturated rings. The van der Waals surface area contributed by atoms with Gasteiger partial charge in [0.2, 0.25) is 0 Å². The molecule has 1 saturated carbocycles. The highest BCUT2D eigenvalue weighted by Gasteiger charge is 2.27. The van der Waals surface area contributed by atoms with Crippen LogP contribution in [0.1, 0.15) is 40.8 Å². The summed E-state index contributed by atoms with van der Waals surface area (Å²) in [5, 5.41) is 4.13. The zero-order valence-electron chi connectivity index (χ0n) is 13.2. The summed E-state index contributed by atoms with van der Waals surface area (Å²) in [5.74, 6) is 1.58. The van der Waals surface area contributed by atoms with Crippen molar-refractivity contribution in [2.24, 2.45) is 0 Å². The third-order valence-corrected chi connectivity index (χ3v) is 4.85. The molecule has 6 nitrogen and oxygen atoms in total. The van der Waals surface area contributed by atoms with Crippen LogP contribution in [0.25, 0.3) is 4.96 Å². The molecule has 0 unspecified atom stereocenters. The van der Waals surface area contributed by atoms with Crippen LogP contribution in [0.15, 0.2) is 27.6 Å². The Kier molecular flexibility index (Phi) is 3.54. The van der Waals surface area contributed by atoms with E-state index < -0.39 is 0 Å². The van der Waals surface area contributed by atoms with Crippen molar-refractivity contribution in [3.63, 3.8) is 0 Å². The summed E-state index contributed by atoms with van der Waals surface area (Å²) in [5.41, 5.74) is 1.68. The van der Waals surface area contributed by atoms with Gasteiger partial charge in [-0.25, -0.2) is 4.98 Å². The molecule has 3 aromatic rings. The zero-order chi connectivity index (χ0) is 16.0. The van der Waals surface area contributed by atoms with Crippen LogP contribution in [0.2, 0.25) is 0 Å². The number of aromatic nitrogens is 3. The van der Waals surface area contributed by atoms with Crippen molar-refractivity contribution < 1.29 is 4.52 Å². The van der Waals surface area contributed by atoms with E-state index in [1.54, 1.807) is 10.5 Å². The lowest BCUT2D eigenvalue weighted by molar-refractivity contribution is 0.298. The minimum Gasteiger partial charge on any atom is -0.361 e. The fourth-order valence-corrected chi connectivity index (χ4v) is 3.56. The monoisotopic (exact) mass is 330 g/mol. The third kappa shape index (κ3) is 3.07. The zero-order valence-corrected chi connectivity index (χ0v) is 14.0. The topological polar surface area (TPSA) is 63.6 Å². The summed E-state index contributed by atoms with van der Waals surface area (Å²) in [6.45, 7) is 3.27. The van der Waals surface area contributed by atoms with Gasteiger partial charge in [0.15, 0.2) is 4.96 Å². The maximum Gasteiger partial charge on any atom is 0.258 e. The standard InChI is InChI=1S/C16H18N4O2S/c1-10-7-20-15(21)6-12(17-16(20)23-10)8-19(2)9-13-5-14(22-18-13)11-3-4-11/h5-7,11H,3-4,8-9H2,1-2H3. The molecular weight excluding hydrogens is 312 g/mol. The van der Waals surface area contributed by atoms with Gasteiger partial charge in [0.25, 0.3) is 5.56 Å². The Labute approximate surface area is 137 Å². The van der Waals surface area contributed by atoms with E-state index in [4.69, 9.17) is 4.52 Å². The molecule has 0 saturated heterocycles. The van der Waals surface area contributed by atoms with Crippen LogP contribution < -0.4 is 5.56 Å². The quantitative estimate of drug-likeness (QED) is 0.719. The first-order valence-electron chi connectivity index (χ1n) is 7.71. The van der Waals surface area contributed by atoms with Gasteiger partial charge in [0.1, 0.15) is 5.76 Å². The lowest BCUT2D eigenvalue weighted by Gasteiger charge is -2.13. The fourth-order valence-electron chi connectivity index (χ4n) is 2.71. The first-order valence-corrected chi connectivity index (χ1v) is 8.53. The van der Waals surface area contributed by atoms with Crippen molar-refractivity contribution in [3.8, 4) is 0 Å². The lowest BCUT2D eigenvalue weighted by Crippen LogP contribution is -2.21. The average Bonchev–Trinajstić information content (AvgIpc) is 3.11. The third-order valence-electron chi connectivity index (χ3n) is 3.96. The Balaban J connectivity index is 1.48. The van der Waals surface area contributed by atoms with Gasteiger partial charge in [-0.3, -0.25) is 14.1 Å². The molecule has 0 N–H and O–H groups in total. The molecule has 0 amide bonds. The second-order valence-electron chi connectivity index (χ2n) is 6.25. The largest absolute Gasteiger partial charge is 0.361 e. The van der Waals surface area contributed by atoms with E-state index in [1.807, 2.05) is 26.2 Å². The second-order valence-corrected chi connectivity index (χ2v) is 7.46. The number of fused-ring (bicyclic) bond motifs is 1. The Morgan fingerprint density at radius 3 is 2.91 bits per heavy atom. The van der Waals surface area contributed by atoms with E-state index >= 15 is 0 Å². The van der Waals surface area contributed by atoms with E-state index in [9.17, 15) is 4.79 Å². The van der Waals surface area contributed by atoms with Crippen molar-refractivity contribution >= 4 is 16.3 Å². The minimum atomic E-state index is -0.0276. The van der Waals surface area contributed by atoms with E-state index in [2.05, 4.69) is 15.0 Å². The summed E-state index contributed by atoms with van der Waals surface area (Å²) < 4.78 is 6.98. The molecule has 1 aliphatic rings. The average molecular weight is 330 g/mol. The van der Waals surface area contributed by atoms with Gasteiger partial charge in [-0.05, 0) is 26.8 Å². The highest BCUT2D eigenvalue weighted by Crippen LogP contribution is 2.40. The summed E-state index contributed by atoms with van der Waals surface area (Å²) in [6, 6.07) is 3.65. The van der Waals surface area contributed by atoms with Crippen LogP contribution in [0.5, 0.6) is 0 Å². The molecule has 23 heavy (non-hydrogen) atoms. The normalized spacial score (nSPS) is 14.9. The van der Waals surface area contributed by atoms with Crippen molar-refractivity contribution in [3.05, 3.63) is 50.7 Å². The number of aryl methyl sites for hydroxylation is 1. The van der Waals surface area contributed by atoms with Crippen LogP contribution in [0.4, 0.5) is 0 Å². The summed E-state index contributed by atoms with van der Waals surface area (Å²) in [4.78, 5) is 20.6. The van der Waals surface area contributed by atoms with Crippen molar-refractivity contribution in [1.29, 1.82) is 0 Å². The first-order chi connectivity index (χ1) is 11.1. The summed E-state index contributed by atoms with van der Waals surface area (Å²) in [6.07, 6.45) is 4.24. The molecule has 7 heteroatoms. The van der Waals surface area contributed by atoms with Gasteiger partial charge in [-0.15, -0.1) is 11.3 Å². The molecule has 0 aromatic carbocycles. The smallest absolute Gasteiger partial charge is 0.258 e. The van der Waals surface area contributed by atoms with Crippen molar-refractivity contribution in [2.45, 2.75) is 38.8 Å². The number of nitrogens with zero attached hydrogens (tertiary/aromatic N) is 4. The van der Waals surface area contributed by atoms with Gasteiger partial charge in [-0.2, -0.15) is 0 Å². The number of hydrogen-bond acceptors (Lipinski definition) is 6. The molecular formula is C16H18N4O2S. The SMILES string of the molecule is Cc1cn2c(=O)cc(CN(C)Cc3cc(C4CC4)on3)nc2s1. The fraction of sp³-hybridized carbons (Fsp3) is 0.438. The van der Waals surface area contributed by atoms with Crippen LogP contribution in [0.3, 0.4) is 0 Å². The molecule has 120 valence electrons. The van der Waals surface area contributed by atoms with Crippen molar-refractivity contribution in [1.82, 2.24) is 19.4 Å². The van der Waals surface area contributed by atoms with E-state index in [0.29, 0.717) is 19.0 Å². The molecule has 0 radical (unpaired) electrons. The number of hydrogen-bond donors (Lipinski definition) is 0. The highest BCUT2D eigenvalue weighted by atomic mass is 32.1. The number of rotatable bonds is 5. The predicted octanol–water partition coefficient (Wildman–Crippen LogP) is 2.56. The maximum atomic E-state index is 12.1. The van der Waals surface area contributed by atoms with Gasteiger partial charge in [0, 0.05) is 42.2 Å². The second kappa shape index (κ2) is 5.58. The molecule has 4 rings (SSSR count). The molecule has 0 aliphatic heterocycles. The van der Waals surface area contributed by atoms with Crippen molar-refractivity contribution in [2.75, 3.05) is 7.05 Å². The lowest BCUT2D eigenvalue weighted by atomic mass is 10.2. The van der Waals surface area contributed by atoms with E-state index in [0.717, 1.165) is 27.0 Å². The first kappa shape index (κ1) is 14.6. The van der Waals surface area contributed by atoms with Crippen LogP contribution >= 0.6 is 11.3 Å². The Bertz CT molecular complexity index is 906. The molecule has 0 bridgehead atoms. The molecule has 0 atom stereocenters. The van der Waals surface area contributed by atoms with Gasteiger partial charge >= 0.3 is 0 Å². The Morgan fingerprint density at radius 1 is 1.35 bits per heavy atom.